The molecule has 1 rings (SSSR count). The third-order valence-electron chi connectivity index (χ3n) is 2.55. The van der Waals surface area contributed by atoms with Crippen LogP contribution >= 0.6 is 0 Å². The van der Waals surface area contributed by atoms with E-state index < -0.39 is 0 Å². The maximum absolute atomic E-state index is 5.65. The lowest BCUT2D eigenvalue weighted by molar-refractivity contribution is 0.0770. The standard InChI is InChI=1S/C15H25NO3/c1-13(2)18-11-6-9-16-10-12-19-15-8-5-4-7-14(15)17-3/h4-5,7-8,13,16H,6,9-12H2,1-3H3. The van der Waals surface area contributed by atoms with Crippen molar-refractivity contribution in [1.29, 1.82) is 0 Å². The van der Waals surface area contributed by atoms with Crippen molar-refractivity contribution < 1.29 is 14.2 Å². The molecule has 0 saturated carbocycles. The second-order valence-electron chi connectivity index (χ2n) is 4.52. The van der Waals surface area contributed by atoms with Crippen molar-refractivity contribution in [2.24, 2.45) is 0 Å². The summed E-state index contributed by atoms with van der Waals surface area (Å²) in [7, 11) is 1.65. The number of methoxy groups -OCH3 is 1. The predicted octanol–water partition coefficient (Wildman–Crippen LogP) is 2.48. The Morgan fingerprint density at radius 3 is 2.47 bits per heavy atom. The van der Waals surface area contributed by atoms with Crippen molar-refractivity contribution in [1.82, 2.24) is 5.32 Å². The van der Waals surface area contributed by atoms with Gasteiger partial charge in [0.25, 0.3) is 0 Å². The Bertz CT molecular complexity index is 342. The van der Waals surface area contributed by atoms with Crippen LogP contribution in [0.15, 0.2) is 24.3 Å². The summed E-state index contributed by atoms with van der Waals surface area (Å²) >= 11 is 0. The van der Waals surface area contributed by atoms with Gasteiger partial charge in [0.15, 0.2) is 11.5 Å². The first kappa shape index (κ1) is 15.8. The van der Waals surface area contributed by atoms with E-state index in [1.165, 1.54) is 0 Å². The van der Waals surface area contributed by atoms with Crippen molar-refractivity contribution in [2.45, 2.75) is 26.4 Å². The van der Waals surface area contributed by atoms with E-state index >= 15 is 0 Å². The fourth-order valence-electron chi connectivity index (χ4n) is 1.61. The Kier molecular flexibility index (Phi) is 8.02. The molecule has 0 spiro atoms. The van der Waals surface area contributed by atoms with Gasteiger partial charge in [0, 0.05) is 13.2 Å². The summed E-state index contributed by atoms with van der Waals surface area (Å²) in [6.45, 7) is 7.30. The molecule has 0 atom stereocenters. The summed E-state index contributed by atoms with van der Waals surface area (Å²) in [6, 6.07) is 7.68. The van der Waals surface area contributed by atoms with Gasteiger partial charge in [-0.25, -0.2) is 0 Å². The summed E-state index contributed by atoms with van der Waals surface area (Å²) in [6.07, 6.45) is 1.33. The van der Waals surface area contributed by atoms with Crippen LogP contribution in [0.4, 0.5) is 0 Å². The van der Waals surface area contributed by atoms with E-state index in [1.807, 2.05) is 24.3 Å². The quantitative estimate of drug-likeness (QED) is 0.661. The number of hydrogen-bond acceptors (Lipinski definition) is 4. The van der Waals surface area contributed by atoms with Crippen LogP contribution in [0.1, 0.15) is 20.3 Å². The molecule has 0 unspecified atom stereocenters. The lowest BCUT2D eigenvalue weighted by Gasteiger charge is -2.11. The van der Waals surface area contributed by atoms with Crippen LogP contribution in [0, 0.1) is 0 Å². The number of nitrogens with one attached hydrogen (secondary N) is 1. The van der Waals surface area contributed by atoms with Gasteiger partial charge in [-0.3, -0.25) is 0 Å². The van der Waals surface area contributed by atoms with Crippen molar-refractivity contribution in [3.8, 4) is 11.5 Å². The maximum Gasteiger partial charge on any atom is 0.161 e. The van der Waals surface area contributed by atoms with E-state index in [1.54, 1.807) is 7.11 Å². The van der Waals surface area contributed by atoms with E-state index in [2.05, 4.69) is 19.2 Å². The predicted molar refractivity (Wildman–Crippen MR) is 77.1 cm³/mol. The summed E-state index contributed by atoms with van der Waals surface area (Å²) in [5.74, 6) is 1.56. The summed E-state index contributed by atoms with van der Waals surface area (Å²) < 4.78 is 16.3. The van der Waals surface area contributed by atoms with Crippen LogP contribution < -0.4 is 14.8 Å². The summed E-state index contributed by atoms with van der Waals surface area (Å²) in [5.41, 5.74) is 0. The number of rotatable bonds is 10. The molecule has 0 bridgehead atoms. The molecule has 4 nitrogen and oxygen atoms in total. The van der Waals surface area contributed by atoms with E-state index in [4.69, 9.17) is 14.2 Å². The monoisotopic (exact) mass is 267 g/mol. The molecule has 0 saturated heterocycles. The van der Waals surface area contributed by atoms with Crippen LogP contribution in [-0.2, 0) is 4.74 Å². The molecule has 0 heterocycles. The first-order valence-corrected chi connectivity index (χ1v) is 6.82. The topological polar surface area (TPSA) is 39.7 Å². The summed E-state index contributed by atoms with van der Waals surface area (Å²) in [5, 5.41) is 3.32. The fraction of sp³-hybridized carbons (Fsp3) is 0.600. The first-order chi connectivity index (χ1) is 9.24. The minimum atomic E-state index is 0.314. The van der Waals surface area contributed by atoms with E-state index in [0.717, 1.165) is 37.6 Å². The van der Waals surface area contributed by atoms with Gasteiger partial charge < -0.3 is 19.5 Å². The van der Waals surface area contributed by atoms with Crippen molar-refractivity contribution in [2.75, 3.05) is 33.4 Å². The molecule has 19 heavy (non-hydrogen) atoms. The lowest BCUT2D eigenvalue weighted by Crippen LogP contribution is -2.23. The molecule has 0 amide bonds. The SMILES string of the molecule is COc1ccccc1OCCNCCCOC(C)C. The van der Waals surface area contributed by atoms with Gasteiger partial charge >= 0.3 is 0 Å². The molecule has 0 aliphatic heterocycles. The first-order valence-electron chi connectivity index (χ1n) is 6.82. The van der Waals surface area contributed by atoms with Crippen molar-refractivity contribution in [3.05, 3.63) is 24.3 Å². The van der Waals surface area contributed by atoms with Crippen molar-refractivity contribution in [3.63, 3.8) is 0 Å². The van der Waals surface area contributed by atoms with Crippen LogP contribution in [0.5, 0.6) is 11.5 Å². The molecular weight excluding hydrogens is 242 g/mol. The largest absolute Gasteiger partial charge is 0.493 e. The average molecular weight is 267 g/mol. The Balaban J connectivity index is 2.04. The Hall–Kier alpha value is -1.26. The van der Waals surface area contributed by atoms with Gasteiger partial charge in [0.05, 0.1) is 13.2 Å². The van der Waals surface area contributed by atoms with Gasteiger partial charge in [-0.05, 0) is 38.9 Å². The minimum Gasteiger partial charge on any atom is -0.493 e. The molecule has 0 aliphatic rings. The van der Waals surface area contributed by atoms with Crippen LogP contribution in [0.3, 0.4) is 0 Å². The van der Waals surface area contributed by atoms with Crippen molar-refractivity contribution >= 4 is 0 Å². The second kappa shape index (κ2) is 9.64. The minimum absolute atomic E-state index is 0.314. The molecule has 0 aliphatic carbocycles. The molecular formula is C15H25NO3. The zero-order chi connectivity index (χ0) is 13.9. The Morgan fingerprint density at radius 1 is 1.05 bits per heavy atom. The van der Waals surface area contributed by atoms with Crippen LogP contribution in [0.2, 0.25) is 0 Å². The molecule has 1 aromatic rings. The smallest absolute Gasteiger partial charge is 0.161 e. The highest BCUT2D eigenvalue weighted by molar-refractivity contribution is 5.39. The van der Waals surface area contributed by atoms with Gasteiger partial charge in [-0.15, -0.1) is 0 Å². The van der Waals surface area contributed by atoms with Crippen LogP contribution in [-0.4, -0.2) is 39.5 Å². The highest BCUT2D eigenvalue weighted by Crippen LogP contribution is 2.25. The zero-order valence-electron chi connectivity index (χ0n) is 12.1. The summed E-state index contributed by atoms with van der Waals surface area (Å²) in [4.78, 5) is 0. The van der Waals surface area contributed by atoms with E-state index in [-0.39, 0.29) is 0 Å². The van der Waals surface area contributed by atoms with E-state index in [9.17, 15) is 0 Å². The molecule has 0 radical (unpaired) electrons. The highest BCUT2D eigenvalue weighted by Gasteiger charge is 2.01. The molecule has 108 valence electrons. The van der Waals surface area contributed by atoms with E-state index in [0.29, 0.717) is 12.7 Å². The zero-order valence-corrected chi connectivity index (χ0v) is 12.1. The van der Waals surface area contributed by atoms with Gasteiger partial charge in [0.2, 0.25) is 0 Å². The third-order valence-corrected chi connectivity index (χ3v) is 2.55. The number of para-hydroxylation sites is 2. The molecule has 1 N–H and O–H groups in total. The number of benzene rings is 1. The van der Waals surface area contributed by atoms with Gasteiger partial charge in [0.1, 0.15) is 6.61 Å². The third kappa shape index (κ3) is 7.03. The highest BCUT2D eigenvalue weighted by atomic mass is 16.5. The maximum atomic E-state index is 5.65. The Morgan fingerprint density at radius 2 is 1.79 bits per heavy atom. The normalized spacial score (nSPS) is 10.7. The number of hydrogen-bond donors (Lipinski definition) is 1. The van der Waals surface area contributed by atoms with Crippen LogP contribution in [0.25, 0.3) is 0 Å². The molecule has 1 aromatic carbocycles. The number of ether oxygens (including phenoxy) is 3. The molecule has 0 fully saturated rings. The fourth-order valence-corrected chi connectivity index (χ4v) is 1.61. The lowest BCUT2D eigenvalue weighted by atomic mass is 10.3. The second-order valence-corrected chi connectivity index (χ2v) is 4.52. The Labute approximate surface area is 116 Å². The molecule has 0 aromatic heterocycles. The van der Waals surface area contributed by atoms with Gasteiger partial charge in [-0.1, -0.05) is 12.1 Å². The average Bonchev–Trinajstić information content (AvgIpc) is 2.42. The van der Waals surface area contributed by atoms with Gasteiger partial charge in [-0.2, -0.15) is 0 Å². The molecule has 4 heteroatoms.